The van der Waals surface area contributed by atoms with Gasteiger partial charge in [0.15, 0.2) is 0 Å². The van der Waals surface area contributed by atoms with Crippen molar-refractivity contribution in [3.8, 4) is 23.5 Å². The second-order valence-electron chi connectivity index (χ2n) is 4.12. The van der Waals surface area contributed by atoms with Crippen LogP contribution in [-0.4, -0.2) is 9.97 Å². The first-order valence-corrected chi connectivity index (χ1v) is 5.70. The van der Waals surface area contributed by atoms with Crippen molar-refractivity contribution >= 4 is 11.0 Å². The highest BCUT2D eigenvalue weighted by Gasteiger charge is 2.06. The molecule has 0 spiro atoms. The van der Waals surface area contributed by atoms with Crippen molar-refractivity contribution in [2.45, 2.75) is 0 Å². The van der Waals surface area contributed by atoms with Gasteiger partial charge in [-0.1, -0.05) is 12.1 Å². The van der Waals surface area contributed by atoms with Gasteiger partial charge in [0.2, 0.25) is 0 Å². The normalized spacial score (nSPS) is 10.0. The molecule has 1 aromatic heterocycles. The highest BCUT2D eigenvalue weighted by Crippen LogP contribution is 2.21. The quantitative estimate of drug-likeness (QED) is 0.714. The monoisotopic (exact) mass is 244 g/mol. The molecule has 2 aromatic carbocycles. The number of benzene rings is 2. The highest BCUT2D eigenvalue weighted by molar-refractivity contribution is 5.80. The predicted molar refractivity (Wildman–Crippen MR) is 71.0 cm³/mol. The molecular weight excluding hydrogens is 236 g/mol. The Morgan fingerprint density at radius 1 is 0.947 bits per heavy atom. The van der Waals surface area contributed by atoms with Gasteiger partial charge in [-0.05, 0) is 30.3 Å². The summed E-state index contributed by atoms with van der Waals surface area (Å²) in [5, 5.41) is 17.8. The zero-order valence-corrected chi connectivity index (χ0v) is 9.88. The third-order valence-corrected chi connectivity index (χ3v) is 2.88. The van der Waals surface area contributed by atoms with Gasteiger partial charge in [0.05, 0.1) is 34.3 Å². The number of hydrogen-bond acceptors (Lipinski definition) is 3. The largest absolute Gasteiger partial charge is 0.338 e. The van der Waals surface area contributed by atoms with Crippen LogP contribution in [0.15, 0.2) is 42.5 Å². The van der Waals surface area contributed by atoms with Crippen LogP contribution in [0.2, 0.25) is 0 Å². The Bertz CT molecular complexity index is 846. The van der Waals surface area contributed by atoms with E-state index in [2.05, 4.69) is 22.1 Å². The Hall–Kier alpha value is -3.11. The van der Waals surface area contributed by atoms with Crippen molar-refractivity contribution in [3.63, 3.8) is 0 Å². The number of fused-ring (bicyclic) bond motifs is 1. The van der Waals surface area contributed by atoms with E-state index in [0.717, 1.165) is 16.6 Å². The molecular formula is C15H8N4. The smallest absolute Gasteiger partial charge is 0.138 e. The van der Waals surface area contributed by atoms with E-state index in [9.17, 15) is 0 Å². The zero-order chi connectivity index (χ0) is 13.2. The van der Waals surface area contributed by atoms with Gasteiger partial charge < -0.3 is 4.98 Å². The summed E-state index contributed by atoms with van der Waals surface area (Å²) in [5.74, 6) is 0.696. The second kappa shape index (κ2) is 4.29. The number of nitriles is 2. The van der Waals surface area contributed by atoms with Crippen molar-refractivity contribution in [2.24, 2.45) is 0 Å². The van der Waals surface area contributed by atoms with E-state index in [1.165, 1.54) is 0 Å². The van der Waals surface area contributed by atoms with E-state index < -0.39 is 0 Å². The van der Waals surface area contributed by atoms with Crippen LogP contribution in [-0.2, 0) is 0 Å². The molecule has 0 radical (unpaired) electrons. The van der Waals surface area contributed by atoms with Crippen LogP contribution in [0.5, 0.6) is 0 Å². The topological polar surface area (TPSA) is 76.3 Å². The maximum Gasteiger partial charge on any atom is 0.138 e. The summed E-state index contributed by atoms with van der Waals surface area (Å²) >= 11 is 0. The zero-order valence-electron chi connectivity index (χ0n) is 9.88. The molecule has 0 saturated carbocycles. The molecule has 1 N–H and O–H groups in total. The van der Waals surface area contributed by atoms with E-state index in [1.54, 1.807) is 24.3 Å². The first-order chi connectivity index (χ1) is 9.30. The Morgan fingerprint density at radius 2 is 1.74 bits per heavy atom. The fraction of sp³-hybridized carbons (Fsp3) is 0. The summed E-state index contributed by atoms with van der Waals surface area (Å²) in [6.45, 7) is 0. The third kappa shape index (κ3) is 1.92. The fourth-order valence-electron chi connectivity index (χ4n) is 1.95. The highest BCUT2D eigenvalue weighted by atomic mass is 14.9. The number of imidazole rings is 1. The molecule has 4 heteroatoms. The van der Waals surface area contributed by atoms with E-state index in [4.69, 9.17) is 10.5 Å². The lowest BCUT2D eigenvalue weighted by Gasteiger charge is -1.96. The van der Waals surface area contributed by atoms with E-state index >= 15 is 0 Å². The van der Waals surface area contributed by atoms with Gasteiger partial charge in [-0.15, -0.1) is 0 Å². The van der Waals surface area contributed by atoms with Crippen molar-refractivity contribution in [2.75, 3.05) is 0 Å². The van der Waals surface area contributed by atoms with Crippen LogP contribution in [0.4, 0.5) is 0 Å². The summed E-state index contributed by atoms with van der Waals surface area (Å²) in [4.78, 5) is 7.63. The van der Waals surface area contributed by atoms with Crippen LogP contribution in [0.25, 0.3) is 22.4 Å². The summed E-state index contributed by atoms with van der Waals surface area (Å²) in [7, 11) is 0. The summed E-state index contributed by atoms with van der Waals surface area (Å²) in [6, 6.07) is 16.8. The molecule has 88 valence electrons. The van der Waals surface area contributed by atoms with Gasteiger partial charge >= 0.3 is 0 Å². The average Bonchev–Trinajstić information content (AvgIpc) is 2.90. The lowest BCUT2D eigenvalue weighted by molar-refractivity contribution is 1.33. The first kappa shape index (κ1) is 11.0. The van der Waals surface area contributed by atoms with Gasteiger partial charge in [-0.2, -0.15) is 10.5 Å². The number of H-pyrrole nitrogens is 1. The number of rotatable bonds is 1. The maximum atomic E-state index is 8.90. The summed E-state index contributed by atoms with van der Waals surface area (Å²) in [5.41, 5.74) is 3.66. The van der Waals surface area contributed by atoms with Gasteiger partial charge in [0, 0.05) is 5.56 Å². The standard InChI is InChI=1S/C15H8N4/c16-8-10-2-1-3-12(6-10)15-18-13-5-4-11(9-17)7-14(13)19-15/h1-7H,(H,18,19). The minimum atomic E-state index is 0.591. The van der Waals surface area contributed by atoms with E-state index in [1.807, 2.05) is 18.2 Å². The lowest BCUT2D eigenvalue weighted by Crippen LogP contribution is -1.81. The van der Waals surface area contributed by atoms with Crippen molar-refractivity contribution in [1.29, 1.82) is 10.5 Å². The Kier molecular flexibility index (Phi) is 2.48. The Labute approximate surface area is 109 Å². The number of nitrogens with one attached hydrogen (secondary N) is 1. The van der Waals surface area contributed by atoms with Gasteiger partial charge in [0.25, 0.3) is 0 Å². The Balaban J connectivity index is 2.15. The SMILES string of the molecule is N#Cc1cccc(-c2nc3ccc(C#N)cc3[nH]2)c1. The molecule has 0 atom stereocenters. The molecule has 0 fully saturated rings. The molecule has 0 saturated heterocycles. The molecule has 0 aliphatic carbocycles. The lowest BCUT2D eigenvalue weighted by atomic mass is 10.1. The molecule has 3 aromatic rings. The predicted octanol–water partition coefficient (Wildman–Crippen LogP) is 2.97. The molecule has 4 nitrogen and oxygen atoms in total. The van der Waals surface area contributed by atoms with Crippen molar-refractivity contribution in [1.82, 2.24) is 9.97 Å². The minimum Gasteiger partial charge on any atom is -0.338 e. The molecule has 0 unspecified atom stereocenters. The number of nitrogens with zero attached hydrogens (tertiary/aromatic N) is 3. The molecule has 0 aliphatic rings. The molecule has 19 heavy (non-hydrogen) atoms. The number of hydrogen-bond donors (Lipinski definition) is 1. The van der Waals surface area contributed by atoms with Gasteiger partial charge in [-0.25, -0.2) is 4.98 Å². The van der Waals surface area contributed by atoms with Crippen LogP contribution < -0.4 is 0 Å². The number of aromatic amines is 1. The molecule has 0 aliphatic heterocycles. The van der Waals surface area contributed by atoms with E-state index in [-0.39, 0.29) is 0 Å². The Morgan fingerprint density at radius 3 is 2.53 bits per heavy atom. The van der Waals surface area contributed by atoms with Crippen molar-refractivity contribution in [3.05, 3.63) is 53.6 Å². The van der Waals surface area contributed by atoms with Crippen LogP contribution >= 0.6 is 0 Å². The van der Waals surface area contributed by atoms with E-state index in [0.29, 0.717) is 17.0 Å². The second-order valence-corrected chi connectivity index (χ2v) is 4.12. The van der Waals surface area contributed by atoms with Crippen LogP contribution in [0, 0.1) is 22.7 Å². The van der Waals surface area contributed by atoms with Crippen LogP contribution in [0.3, 0.4) is 0 Å². The van der Waals surface area contributed by atoms with Crippen molar-refractivity contribution < 1.29 is 0 Å². The summed E-state index contributed by atoms with van der Waals surface area (Å²) in [6.07, 6.45) is 0. The number of aromatic nitrogens is 2. The maximum absolute atomic E-state index is 8.90. The fourth-order valence-corrected chi connectivity index (χ4v) is 1.95. The first-order valence-electron chi connectivity index (χ1n) is 5.70. The van der Waals surface area contributed by atoms with Crippen LogP contribution in [0.1, 0.15) is 11.1 Å². The molecule has 3 rings (SSSR count). The van der Waals surface area contributed by atoms with Gasteiger partial charge in [-0.3, -0.25) is 0 Å². The third-order valence-electron chi connectivity index (χ3n) is 2.88. The molecule has 0 amide bonds. The minimum absolute atomic E-state index is 0.591. The molecule has 0 bridgehead atoms. The van der Waals surface area contributed by atoms with Gasteiger partial charge in [0.1, 0.15) is 5.82 Å². The average molecular weight is 244 g/mol. The molecule has 1 heterocycles. The summed E-state index contributed by atoms with van der Waals surface area (Å²) < 4.78 is 0.